The maximum atomic E-state index is 13.2. The summed E-state index contributed by atoms with van der Waals surface area (Å²) in [5.41, 5.74) is 3.54. The average Bonchev–Trinajstić information content (AvgIpc) is 3.27. The Hall–Kier alpha value is -3.55. The Morgan fingerprint density at radius 1 is 0.844 bits per heavy atom. The number of imidazole rings is 1. The topological polar surface area (TPSA) is 91.5 Å². The van der Waals surface area contributed by atoms with Crippen molar-refractivity contribution >= 4 is 33.3 Å². The van der Waals surface area contributed by atoms with Crippen molar-refractivity contribution in [3.8, 4) is 22.5 Å². The molecule has 5 rings (SSSR count). The summed E-state index contributed by atoms with van der Waals surface area (Å²) in [6.45, 7) is 0. The second-order valence-corrected chi connectivity index (χ2v) is 8.96. The molecule has 8 heteroatoms. The van der Waals surface area contributed by atoms with Gasteiger partial charge in [0.2, 0.25) is 0 Å². The van der Waals surface area contributed by atoms with E-state index in [1.165, 1.54) is 0 Å². The van der Waals surface area contributed by atoms with Gasteiger partial charge in [0.1, 0.15) is 5.82 Å². The predicted molar refractivity (Wildman–Crippen MR) is 127 cm³/mol. The quantitative estimate of drug-likeness (QED) is 0.388. The van der Waals surface area contributed by atoms with E-state index < -0.39 is 10.8 Å². The Kier molecular flexibility index (Phi) is 5.43. The summed E-state index contributed by atoms with van der Waals surface area (Å²) in [6, 6.07) is 24.4. The van der Waals surface area contributed by atoms with E-state index in [9.17, 15) is 9.00 Å². The number of hydrogen-bond donors (Lipinski definition) is 2. The summed E-state index contributed by atoms with van der Waals surface area (Å²) in [5.74, 6) is 0.339. The third-order valence-corrected chi connectivity index (χ3v) is 6.39. The monoisotopic (exact) mass is 460 g/mol. The number of benzene rings is 3. The van der Waals surface area contributed by atoms with Gasteiger partial charge < -0.3 is 9.97 Å². The highest BCUT2D eigenvalue weighted by molar-refractivity contribution is 7.84. The average molecular weight is 461 g/mol. The highest BCUT2D eigenvalue weighted by Gasteiger charge is 2.19. The van der Waals surface area contributed by atoms with Gasteiger partial charge in [-0.15, -0.1) is 0 Å². The van der Waals surface area contributed by atoms with Gasteiger partial charge in [-0.25, -0.2) is 9.97 Å². The van der Waals surface area contributed by atoms with Gasteiger partial charge in [0, 0.05) is 16.1 Å². The van der Waals surface area contributed by atoms with Gasteiger partial charge in [-0.05, 0) is 18.2 Å². The second kappa shape index (κ2) is 8.53. The number of nitrogens with one attached hydrogen (secondary N) is 2. The Morgan fingerprint density at radius 2 is 1.53 bits per heavy atom. The standard InChI is InChI=1S/C24H17ClN4O2S/c25-17-11-12-19-18(13-17)23(30)27-20(26-19)14-32(31)24-28-21(15-7-3-1-4-8-15)22(29-24)16-9-5-2-6-10-16/h1-13H,14H2,(H,28,29)(H,26,27,30). The van der Waals surface area contributed by atoms with E-state index >= 15 is 0 Å². The van der Waals surface area contributed by atoms with E-state index in [1.807, 2.05) is 60.7 Å². The largest absolute Gasteiger partial charge is 0.330 e. The van der Waals surface area contributed by atoms with Crippen LogP contribution in [0.4, 0.5) is 0 Å². The van der Waals surface area contributed by atoms with E-state index in [-0.39, 0.29) is 11.3 Å². The molecule has 2 N–H and O–H groups in total. The first-order valence-corrected chi connectivity index (χ1v) is 11.6. The van der Waals surface area contributed by atoms with Crippen molar-refractivity contribution in [2.24, 2.45) is 0 Å². The molecule has 5 aromatic rings. The molecule has 0 fully saturated rings. The smallest absolute Gasteiger partial charge is 0.258 e. The molecule has 0 aliphatic heterocycles. The van der Waals surface area contributed by atoms with Crippen LogP contribution in [0.15, 0.2) is 88.8 Å². The first kappa shape index (κ1) is 20.4. The fourth-order valence-corrected chi connectivity index (χ4v) is 4.60. The lowest BCUT2D eigenvalue weighted by atomic mass is 10.1. The summed E-state index contributed by atoms with van der Waals surface area (Å²) in [5, 5.41) is 1.17. The summed E-state index contributed by atoms with van der Waals surface area (Å²) in [7, 11) is -1.55. The molecule has 158 valence electrons. The number of aromatic nitrogens is 4. The molecule has 0 aliphatic rings. The second-order valence-electron chi connectivity index (χ2n) is 7.16. The molecule has 32 heavy (non-hydrogen) atoms. The zero-order valence-corrected chi connectivity index (χ0v) is 18.3. The van der Waals surface area contributed by atoms with Gasteiger partial charge in [0.05, 0.1) is 38.8 Å². The molecule has 3 aromatic carbocycles. The predicted octanol–water partition coefficient (Wildman–Crippen LogP) is 4.94. The summed E-state index contributed by atoms with van der Waals surface area (Å²) in [6.07, 6.45) is 0. The summed E-state index contributed by atoms with van der Waals surface area (Å²) in [4.78, 5) is 27.4. The molecule has 0 radical (unpaired) electrons. The van der Waals surface area contributed by atoms with Crippen LogP contribution in [-0.4, -0.2) is 24.1 Å². The molecular formula is C24H17ClN4O2S. The minimum atomic E-state index is -1.55. The van der Waals surface area contributed by atoms with Gasteiger partial charge in [0.25, 0.3) is 5.56 Å². The molecule has 0 aliphatic carbocycles. The van der Waals surface area contributed by atoms with Crippen LogP contribution in [0.3, 0.4) is 0 Å². The Balaban J connectivity index is 1.53. The molecule has 0 saturated heterocycles. The number of halogens is 1. The molecule has 6 nitrogen and oxygen atoms in total. The van der Waals surface area contributed by atoms with Crippen molar-refractivity contribution in [1.82, 2.24) is 19.9 Å². The molecule has 0 saturated carbocycles. The maximum Gasteiger partial charge on any atom is 0.258 e. The zero-order chi connectivity index (χ0) is 22.1. The lowest BCUT2D eigenvalue weighted by Gasteiger charge is -2.03. The van der Waals surface area contributed by atoms with Gasteiger partial charge in [-0.3, -0.25) is 9.00 Å². The van der Waals surface area contributed by atoms with Gasteiger partial charge in [-0.2, -0.15) is 0 Å². The first-order chi connectivity index (χ1) is 15.6. The highest BCUT2D eigenvalue weighted by Crippen LogP contribution is 2.31. The molecule has 0 spiro atoms. The number of aromatic amines is 2. The van der Waals surface area contributed by atoms with Crippen molar-refractivity contribution in [3.63, 3.8) is 0 Å². The van der Waals surface area contributed by atoms with Crippen LogP contribution < -0.4 is 5.56 Å². The van der Waals surface area contributed by atoms with Crippen LogP contribution in [0.5, 0.6) is 0 Å². The van der Waals surface area contributed by atoms with Crippen LogP contribution in [-0.2, 0) is 16.6 Å². The zero-order valence-electron chi connectivity index (χ0n) is 16.7. The van der Waals surface area contributed by atoms with Crippen LogP contribution in [0, 0.1) is 0 Å². The fourth-order valence-electron chi connectivity index (χ4n) is 3.50. The molecule has 1 atom stereocenters. The van der Waals surface area contributed by atoms with E-state index in [0.29, 0.717) is 26.9 Å². The third-order valence-electron chi connectivity index (χ3n) is 4.99. The van der Waals surface area contributed by atoms with Crippen molar-refractivity contribution in [2.45, 2.75) is 10.9 Å². The third kappa shape index (κ3) is 4.00. The SMILES string of the molecule is O=c1[nH]c(CS(=O)c2nc(-c3ccccc3)c(-c3ccccc3)[nH]2)nc2ccc(Cl)cc12. The number of hydrogen-bond acceptors (Lipinski definition) is 4. The minimum Gasteiger partial charge on any atom is -0.330 e. The van der Waals surface area contributed by atoms with Crippen molar-refractivity contribution in [2.75, 3.05) is 0 Å². The van der Waals surface area contributed by atoms with Gasteiger partial charge in [-0.1, -0.05) is 72.3 Å². The van der Waals surface area contributed by atoms with E-state index in [1.54, 1.807) is 18.2 Å². The van der Waals surface area contributed by atoms with Gasteiger partial charge >= 0.3 is 0 Å². The van der Waals surface area contributed by atoms with E-state index in [0.717, 1.165) is 22.5 Å². The summed E-state index contributed by atoms with van der Waals surface area (Å²) >= 11 is 5.97. The molecule has 1 unspecified atom stereocenters. The van der Waals surface area contributed by atoms with Crippen LogP contribution in [0.1, 0.15) is 5.82 Å². The number of nitrogens with zero attached hydrogens (tertiary/aromatic N) is 2. The van der Waals surface area contributed by atoms with Crippen LogP contribution in [0.25, 0.3) is 33.4 Å². The van der Waals surface area contributed by atoms with E-state index in [4.69, 9.17) is 11.6 Å². The molecule has 2 aromatic heterocycles. The first-order valence-electron chi connectivity index (χ1n) is 9.86. The fraction of sp³-hybridized carbons (Fsp3) is 0.0417. The Morgan fingerprint density at radius 3 is 2.25 bits per heavy atom. The van der Waals surface area contributed by atoms with Gasteiger partial charge in [0.15, 0.2) is 5.16 Å². The Bertz CT molecular complexity index is 1440. The van der Waals surface area contributed by atoms with E-state index in [2.05, 4.69) is 19.9 Å². The number of rotatable bonds is 5. The van der Waals surface area contributed by atoms with Crippen molar-refractivity contribution in [3.05, 3.63) is 100 Å². The Labute approximate surface area is 190 Å². The van der Waals surface area contributed by atoms with Crippen LogP contribution >= 0.6 is 11.6 Å². The normalized spacial score (nSPS) is 12.2. The lowest BCUT2D eigenvalue weighted by Crippen LogP contribution is -2.13. The maximum absolute atomic E-state index is 13.2. The molecular weight excluding hydrogens is 444 g/mol. The summed E-state index contributed by atoms with van der Waals surface area (Å²) < 4.78 is 13.2. The lowest BCUT2D eigenvalue weighted by molar-refractivity contribution is 0.675. The van der Waals surface area contributed by atoms with Crippen molar-refractivity contribution in [1.29, 1.82) is 0 Å². The highest BCUT2D eigenvalue weighted by atomic mass is 35.5. The number of H-pyrrole nitrogens is 2. The minimum absolute atomic E-state index is 0.0176. The molecule has 0 bridgehead atoms. The number of fused-ring (bicyclic) bond motifs is 1. The van der Waals surface area contributed by atoms with Crippen molar-refractivity contribution < 1.29 is 4.21 Å². The van der Waals surface area contributed by atoms with Crippen LogP contribution in [0.2, 0.25) is 5.02 Å². The molecule has 0 amide bonds. The molecule has 2 heterocycles.